The fraction of sp³-hybridized carbons (Fsp3) is 0.109. The molecule has 3 heterocycles. The van der Waals surface area contributed by atoms with E-state index in [-0.39, 0.29) is 5.75 Å². The number of hydrogen-bond donors (Lipinski definition) is 1. The van der Waals surface area contributed by atoms with Crippen LogP contribution < -0.4 is 14.2 Å². The monoisotopic (exact) mass is 955 g/mol. The summed E-state index contributed by atoms with van der Waals surface area (Å²) in [5.74, 6) is 2.28. The Labute approximate surface area is 390 Å². The van der Waals surface area contributed by atoms with E-state index < -0.39 is 33.1 Å². The molecule has 2 aromatic heterocycles. The normalized spacial score (nSPS) is 14.1. The van der Waals surface area contributed by atoms with Crippen molar-refractivity contribution < 1.29 is 40.2 Å². The SMILES string of the molecule is Cc1cc(-c2ccccc2OC(C)[C-]2Oc3c(cc(C)cc3-n3c4ccccc4c4ccccc43)-c3ccccc3OC2C)c(O)c(-n2c3ccccc3c3ccccc32)c1.[Cl][Zr][Cl]. The van der Waals surface area contributed by atoms with Crippen LogP contribution >= 0.6 is 17.0 Å². The van der Waals surface area contributed by atoms with Crippen LogP contribution in [-0.2, 0) is 20.8 Å². The fourth-order valence-electron chi connectivity index (χ4n) is 9.42. The van der Waals surface area contributed by atoms with Crippen LogP contribution in [0.2, 0.25) is 0 Å². The minimum absolute atomic E-state index is 0.170. The van der Waals surface area contributed by atoms with Crippen LogP contribution in [0.25, 0.3) is 77.2 Å². The molecule has 2 unspecified atom stereocenters. The van der Waals surface area contributed by atoms with Crippen molar-refractivity contribution in [1.29, 1.82) is 0 Å². The second-order valence-electron chi connectivity index (χ2n) is 16.2. The Hall–Kier alpha value is -5.98. The molecule has 0 radical (unpaired) electrons. The maximum atomic E-state index is 12.3. The standard InChI is InChI=1S/C55H43N2O4.2ClH.Zr/c1-33-29-43(53(58)49(31-33)56-45-23-11-5-17-37(45)38-18-6-12-24-46(38)56)41-21-9-15-27-51(41)59-35(3)54-36(4)60-52-28-16-10-22-42(52)44-30-34(2)32-50(55(44)61-54)57-47-25-13-7-19-39(47)40-20-8-14-26-48(40)57;;;/h5-32,35-36,58H,1-4H3;2*1H;/q-1;;;+2/p-2. The van der Waals surface area contributed by atoms with Crippen LogP contribution in [0.3, 0.4) is 0 Å². The van der Waals surface area contributed by atoms with Crippen molar-refractivity contribution >= 4 is 60.6 Å². The fourth-order valence-corrected chi connectivity index (χ4v) is 9.42. The topological polar surface area (TPSA) is 57.8 Å². The third kappa shape index (κ3) is 7.34. The van der Waals surface area contributed by atoms with E-state index in [9.17, 15) is 5.11 Å². The molecule has 6 nitrogen and oxygen atoms in total. The molecule has 9 heteroatoms. The van der Waals surface area contributed by atoms with Gasteiger partial charge in [0.15, 0.2) is 0 Å². The van der Waals surface area contributed by atoms with E-state index in [1.807, 2.05) is 80.6 Å². The van der Waals surface area contributed by atoms with Gasteiger partial charge in [-0.05, 0) is 85.6 Å². The first-order chi connectivity index (χ1) is 31.2. The molecule has 1 aliphatic heterocycles. The number of benzene rings is 8. The number of fused-ring (bicyclic) bond motifs is 9. The molecule has 0 aliphatic carbocycles. The zero-order chi connectivity index (χ0) is 44.1. The number of aromatic nitrogens is 2. The number of para-hydroxylation sites is 6. The quantitative estimate of drug-likeness (QED) is 0.169. The molecule has 10 aromatic rings. The maximum absolute atomic E-state index is 12.3. The average Bonchev–Trinajstić information content (AvgIpc) is 3.82. The van der Waals surface area contributed by atoms with Crippen LogP contribution in [0.1, 0.15) is 25.0 Å². The molecule has 64 heavy (non-hydrogen) atoms. The molecule has 0 saturated heterocycles. The summed E-state index contributed by atoms with van der Waals surface area (Å²) in [4.78, 5) is 0. The summed E-state index contributed by atoms with van der Waals surface area (Å²) < 4.78 is 25.5. The molecular weight excluding hydrogens is 915 g/mol. The Morgan fingerprint density at radius 2 is 1.02 bits per heavy atom. The van der Waals surface area contributed by atoms with E-state index in [2.05, 4.69) is 126 Å². The average molecular weight is 958 g/mol. The molecule has 0 fully saturated rings. The molecule has 1 N–H and O–H groups in total. The van der Waals surface area contributed by atoms with E-state index in [1.54, 1.807) is 0 Å². The van der Waals surface area contributed by atoms with E-state index in [1.165, 1.54) is 10.8 Å². The first kappa shape index (κ1) is 42.0. The summed E-state index contributed by atoms with van der Waals surface area (Å²) in [6.07, 6.45) is -0.445. The van der Waals surface area contributed by atoms with Gasteiger partial charge in [-0.25, -0.2) is 0 Å². The number of nitrogens with zero attached hydrogens (tertiary/aromatic N) is 2. The predicted molar refractivity (Wildman–Crippen MR) is 259 cm³/mol. The molecule has 11 rings (SSSR count). The molecule has 0 amide bonds. The predicted octanol–water partition coefficient (Wildman–Crippen LogP) is 15.1. The summed E-state index contributed by atoms with van der Waals surface area (Å²) in [7, 11) is 9.87. The van der Waals surface area contributed by atoms with Gasteiger partial charge in [0.25, 0.3) is 0 Å². The van der Waals surface area contributed by atoms with Crippen LogP contribution in [-0.4, -0.2) is 26.4 Å². The van der Waals surface area contributed by atoms with Gasteiger partial charge in [-0.1, -0.05) is 129 Å². The van der Waals surface area contributed by atoms with Crippen molar-refractivity contribution in [2.45, 2.75) is 39.9 Å². The molecule has 0 bridgehead atoms. The van der Waals surface area contributed by atoms with Gasteiger partial charge in [0.1, 0.15) is 23.0 Å². The van der Waals surface area contributed by atoms with Gasteiger partial charge in [0, 0.05) is 56.0 Å². The second-order valence-corrected chi connectivity index (χ2v) is 19.9. The zero-order valence-electron chi connectivity index (χ0n) is 35.6. The summed E-state index contributed by atoms with van der Waals surface area (Å²) in [5, 5.41) is 17.0. The van der Waals surface area contributed by atoms with E-state index >= 15 is 0 Å². The number of hydrogen-bond acceptors (Lipinski definition) is 4. The van der Waals surface area contributed by atoms with Crippen LogP contribution in [0.15, 0.2) is 170 Å². The Balaban J connectivity index is 0.00000157. The number of aromatic hydroxyl groups is 1. The Kier molecular flexibility index (Phi) is 11.5. The van der Waals surface area contributed by atoms with Crippen molar-refractivity contribution in [3.8, 4) is 56.6 Å². The summed E-state index contributed by atoms with van der Waals surface area (Å²) in [6.45, 7) is 8.22. The van der Waals surface area contributed by atoms with Gasteiger partial charge in [-0.3, -0.25) is 0 Å². The number of phenols is 1. The molecule has 8 aromatic carbocycles. The molecule has 1 aliphatic rings. The number of phenolic OH excluding ortho intramolecular Hbond substituents is 1. The third-order valence-corrected chi connectivity index (χ3v) is 12.1. The Morgan fingerprint density at radius 1 is 0.578 bits per heavy atom. The number of ether oxygens (including phenoxy) is 3. The molecule has 0 spiro atoms. The van der Waals surface area contributed by atoms with E-state index in [0.717, 1.165) is 77.8 Å². The van der Waals surface area contributed by atoms with Crippen molar-refractivity contribution in [2.24, 2.45) is 0 Å². The van der Waals surface area contributed by atoms with Crippen LogP contribution in [0, 0.1) is 20.0 Å². The Bertz CT molecular complexity index is 3270. The zero-order valence-corrected chi connectivity index (χ0v) is 39.6. The number of halogens is 2. The summed E-state index contributed by atoms with van der Waals surface area (Å²) >= 11 is -0.826. The van der Waals surface area contributed by atoms with Gasteiger partial charge >= 0.3 is 37.9 Å². The first-order valence-corrected chi connectivity index (χ1v) is 27.6. The van der Waals surface area contributed by atoms with E-state index in [4.69, 9.17) is 31.2 Å². The molecule has 0 saturated carbocycles. The summed E-state index contributed by atoms with van der Waals surface area (Å²) in [5.41, 5.74) is 11.3. The first-order valence-electron chi connectivity index (χ1n) is 21.2. The van der Waals surface area contributed by atoms with Gasteiger partial charge in [-0.15, -0.1) is 0 Å². The van der Waals surface area contributed by atoms with Gasteiger partial charge in [0.05, 0.1) is 33.4 Å². The number of rotatable bonds is 6. The van der Waals surface area contributed by atoms with Gasteiger partial charge < -0.3 is 28.5 Å². The second kappa shape index (κ2) is 17.5. The van der Waals surface area contributed by atoms with E-state index in [0.29, 0.717) is 23.1 Å². The molecule has 2 atom stereocenters. The van der Waals surface area contributed by atoms with Crippen molar-refractivity contribution in [1.82, 2.24) is 9.13 Å². The molecular formula is C55H43Cl2N2O4Zr-. The number of aryl methyl sites for hydroxylation is 2. The van der Waals surface area contributed by atoms with Crippen LogP contribution in [0.4, 0.5) is 0 Å². The van der Waals surface area contributed by atoms with Crippen molar-refractivity contribution in [2.75, 3.05) is 0 Å². The van der Waals surface area contributed by atoms with Crippen molar-refractivity contribution in [3.63, 3.8) is 0 Å². The molecule has 316 valence electrons. The Morgan fingerprint density at radius 3 is 1.58 bits per heavy atom. The minimum atomic E-state index is -0.826. The van der Waals surface area contributed by atoms with Crippen molar-refractivity contribution in [3.05, 3.63) is 187 Å². The van der Waals surface area contributed by atoms with Gasteiger partial charge in [0.2, 0.25) is 0 Å². The summed E-state index contributed by atoms with van der Waals surface area (Å²) in [6, 6.07) is 58.3. The van der Waals surface area contributed by atoms with Gasteiger partial charge in [-0.2, -0.15) is 0 Å². The third-order valence-electron chi connectivity index (χ3n) is 12.1. The van der Waals surface area contributed by atoms with Crippen LogP contribution in [0.5, 0.6) is 23.0 Å².